The van der Waals surface area contributed by atoms with Gasteiger partial charge in [0.05, 0.1) is 5.69 Å². The van der Waals surface area contributed by atoms with Gasteiger partial charge in [-0.25, -0.2) is 4.79 Å². The Labute approximate surface area is 208 Å². The van der Waals surface area contributed by atoms with Gasteiger partial charge < -0.3 is 15.3 Å². The molecule has 2 amide bonds. The van der Waals surface area contributed by atoms with Crippen molar-refractivity contribution in [2.75, 3.05) is 18.4 Å². The molecule has 172 valence electrons. The summed E-state index contributed by atoms with van der Waals surface area (Å²) < 4.78 is 0.886. The lowest BCUT2D eigenvalue weighted by Crippen LogP contribution is -2.47. The van der Waals surface area contributed by atoms with Crippen LogP contribution in [0.15, 0.2) is 102 Å². The Hall–Kier alpha value is -3.15. The molecule has 34 heavy (non-hydrogen) atoms. The van der Waals surface area contributed by atoms with E-state index in [1.165, 1.54) is 0 Å². The number of piperidine rings is 1. The van der Waals surface area contributed by atoms with Crippen LogP contribution in [-0.2, 0) is 5.60 Å². The number of benzene rings is 4. The van der Waals surface area contributed by atoms with Crippen LogP contribution in [0.25, 0.3) is 10.8 Å². The van der Waals surface area contributed by atoms with Gasteiger partial charge in [0.1, 0.15) is 5.60 Å². The zero-order valence-electron chi connectivity index (χ0n) is 18.8. The van der Waals surface area contributed by atoms with Crippen molar-refractivity contribution in [2.24, 2.45) is 5.92 Å². The summed E-state index contributed by atoms with van der Waals surface area (Å²) >= 11 is 3.66. The van der Waals surface area contributed by atoms with Gasteiger partial charge in [0.15, 0.2) is 0 Å². The largest absolute Gasteiger partial charge is 0.380 e. The van der Waals surface area contributed by atoms with E-state index in [-0.39, 0.29) is 11.9 Å². The Morgan fingerprint density at radius 1 is 0.824 bits per heavy atom. The topological polar surface area (TPSA) is 52.6 Å². The van der Waals surface area contributed by atoms with Gasteiger partial charge in [-0.05, 0) is 62.7 Å². The van der Waals surface area contributed by atoms with E-state index in [4.69, 9.17) is 0 Å². The molecule has 4 aromatic carbocycles. The van der Waals surface area contributed by atoms with E-state index in [1.54, 1.807) is 0 Å². The lowest BCUT2D eigenvalue weighted by Gasteiger charge is -2.42. The van der Waals surface area contributed by atoms with E-state index >= 15 is 0 Å². The number of hydrogen-bond acceptors (Lipinski definition) is 2. The Bertz CT molecular complexity index is 1250. The van der Waals surface area contributed by atoms with Crippen LogP contribution in [0.5, 0.6) is 0 Å². The third-order valence-electron chi connectivity index (χ3n) is 6.91. The van der Waals surface area contributed by atoms with E-state index in [0.717, 1.165) is 32.1 Å². The molecule has 1 heterocycles. The van der Waals surface area contributed by atoms with Crippen molar-refractivity contribution in [1.29, 1.82) is 0 Å². The lowest BCUT2D eigenvalue weighted by molar-refractivity contribution is -0.00860. The molecule has 0 unspecified atom stereocenters. The van der Waals surface area contributed by atoms with Crippen LogP contribution >= 0.6 is 15.9 Å². The molecule has 2 N–H and O–H groups in total. The van der Waals surface area contributed by atoms with Gasteiger partial charge in [0.2, 0.25) is 0 Å². The first-order valence-electron chi connectivity index (χ1n) is 11.6. The van der Waals surface area contributed by atoms with E-state index in [1.807, 2.05) is 95.9 Å². The molecular weight excluding hydrogens is 488 g/mol. The minimum Gasteiger partial charge on any atom is -0.380 e. The highest BCUT2D eigenvalue weighted by atomic mass is 79.9. The maximum absolute atomic E-state index is 13.1. The van der Waals surface area contributed by atoms with Crippen LogP contribution in [-0.4, -0.2) is 29.1 Å². The number of nitrogens with one attached hydrogen (secondary N) is 1. The molecular formula is C29H27BrN2O2. The van der Waals surface area contributed by atoms with Gasteiger partial charge in [-0.15, -0.1) is 0 Å². The van der Waals surface area contributed by atoms with Crippen LogP contribution in [0, 0.1) is 5.92 Å². The van der Waals surface area contributed by atoms with Gasteiger partial charge in [-0.1, -0.05) is 91.0 Å². The van der Waals surface area contributed by atoms with Gasteiger partial charge in [0, 0.05) is 17.6 Å². The number of hydrogen-bond donors (Lipinski definition) is 2. The predicted molar refractivity (Wildman–Crippen MR) is 141 cm³/mol. The fraction of sp³-hybridized carbons (Fsp3) is 0.207. The Kier molecular flexibility index (Phi) is 6.40. The van der Waals surface area contributed by atoms with Gasteiger partial charge in [-0.3, -0.25) is 0 Å². The summed E-state index contributed by atoms with van der Waals surface area (Å²) in [5, 5.41) is 17.3. The minimum atomic E-state index is -1.09. The van der Waals surface area contributed by atoms with Gasteiger partial charge in [-0.2, -0.15) is 0 Å². The molecule has 4 nitrogen and oxygen atoms in total. The van der Waals surface area contributed by atoms with Crippen LogP contribution in [0.3, 0.4) is 0 Å². The van der Waals surface area contributed by atoms with Crippen molar-refractivity contribution in [2.45, 2.75) is 18.4 Å². The van der Waals surface area contributed by atoms with Crippen LogP contribution < -0.4 is 5.32 Å². The number of aliphatic hydroxyl groups is 1. The summed E-state index contributed by atoms with van der Waals surface area (Å²) in [6.45, 7) is 1.17. The van der Waals surface area contributed by atoms with E-state index in [2.05, 4.69) is 27.3 Å². The maximum Gasteiger partial charge on any atom is 0.321 e. The highest BCUT2D eigenvalue weighted by Crippen LogP contribution is 2.42. The van der Waals surface area contributed by atoms with E-state index in [9.17, 15) is 9.90 Å². The molecule has 1 fully saturated rings. The van der Waals surface area contributed by atoms with Crippen LogP contribution in [0.1, 0.15) is 24.0 Å². The molecule has 0 bridgehead atoms. The summed E-state index contributed by atoms with van der Waals surface area (Å²) in [5.74, 6) is 0.00811. The average molecular weight is 515 g/mol. The summed E-state index contributed by atoms with van der Waals surface area (Å²) in [4.78, 5) is 14.9. The number of amides is 2. The summed E-state index contributed by atoms with van der Waals surface area (Å²) in [7, 11) is 0. The van der Waals surface area contributed by atoms with E-state index in [0.29, 0.717) is 25.9 Å². The second-order valence-electron chi connectivity index (χ2n) is 8.84. The smallest absolute Gasteiger partial charge is 0.321 e. The number of fused-ring (bicyclic) bond motifs is 1. The third kappa shape index (κ3) is 4.22. The SMILES string of the molecule is O=C(Nc1ccc2ccccc2c1Br)N1CCC(C(O)(c2ccccc2)c2ccccc2)CC1. The monoisotopic (exact) mass is 514 g/mol. The van der Waals surface area contributed by atoms with Gasteiger partial charge in [0.25, 0.3) is 0 Å². The highest BCUT2D eigenvalue weighted by molar-refractivity contribution is 9.10. The molecule has 1 aliphatic rings. The summed E-state index contributed by atoms with van der Waals surface area (Å²) in [6, 6.07) is 31.7. The van der Waals surface area contributed by atoms with Crippen molar-refractivity contribution in [3.8, 4) is 0 Å². The molecule has 0 aromatic heterocycles. The molecule has 1 aliphatic heterocycles. The quantitative estimate of drug-likeness (QED) is 0.315. The average Bonchev–Trinajstić information content (AvgIpc) is 2.91. The number of halogens is 1. The normalized spacial score (nSPS) is 14.8. The molecule has 0 aliphatic carbocycles. The van der Waals surface area contributed by atoms with Crippen molar-refractivity contribution in [1.82, 2.24) is 4.90 Å². The molecule has 5 heteroatoms. The minimum absolute atomic E-state index is 0.00811. The number of likely N-dealkylation sites (tertiary alicyclic amines) is 1. The first-order chi connectivity index (χ1) is 16.6. The second-order valence-corrected chi connectivity index (χ2v) is 9.63. The molecule has 4 aromatic rings. The number of urea groups is 1. The van der Waals surface area contributed by atoms with Crippen molar-refractivity contribution < 1.29 is 9.90 Å². The molecule has 1 saturated heterocycles. The highest BCUT2D eigenvalue weighted by Gasteiger charge is 2.42. The number of anilines is 1. The zero-order chi connectivity index (χ0) is 23.5. The second kappa shape index (κ2) is 9.61. The summed E-state index contributed by atoms with van der Waals surface area (Å²) in [5.41, 5.74) is 1.45. The van der Waals surface area contributed by atoms with Crippen LogP contribution in [0.4, 0.5) is 10.5 Å². The number of nitrogens with zero attached hydrogens (tertiary/aromatic N) is 1. The fourth-order valence-electron chi connectivity index (χ4n) is 5.05. The summed E-state index contributed by atoms with van der Waals surface area (Å²) in [6.07, 6.45) is 1.43. The maximum atomic E-state index is 13.1. The molecule has 0 radical (unpaired) electrons. The Morgan fingerprint density at radius 2 is 1.38 bits per heavy atom. The fourth-order valence-corrected chi connectivity index (χ4v) is 5.64. The number of rotatable bonds is 4. The van der Waals surface area contributed by atoms with E-state index < -0.39 is 5.60 Å². The van der Waals surface area contributed by atoms with Crippen LogP contribution in [0.2, 0.25) is 0 Å². The lowest BCUT2D eigenvalue weighted by atomic mass is 9.72. The Morgan fingerprint density at radius 3 is 2.00 bits per heavy atom. The Balaban J connectivity index is 1.32. The molecule has 0 atom stereocenters. The van der Waals surface area contributed by atoms with Gasteiger partial charge >= 0.3 is 6.03 Å². The first kappa shape index (κ1) is 22.6. The standard InChI is InChI=1S/C29H27BrN2O2/c30-27-25-14-8-7-9-21(25)15-16-26(27)31-28(33)32-19-17-24(18-20-32)29(34,22-10-3-1-4-11-22)23-12-5-2-6-13-23/h1-16,24,34H,17-20H2,(H,31,33). The molecule has 5 rings (SSSR count). The predicted octanol–water partition coefficient (Wildman–Crippen LogP) is 6.78. The molecule has 0 saturated carbocycles. The molecule has 0 spiro atoms. The van der Waals surface area contributed by atoms with Crippen molar-refractivity contribution in [3.05, 3.63) is 113 Å². The number of carbonyl (C=O) groups is 1. The first-order valence-corrected chi connectivity index (χ1v) is 12.4. The number of carbonyl (C=O) groups excluding carboxylic acids is 1. The zero-order valence-corrected chi connectivity index (χ0v) is 20.4. The van der Waals surface area contributed by atoms with Crippen molar-refractivity contribution >= 4 is 38.4 Å². The van der Waals surface area contributed by atoms with Crippen molar-refractivity contribution in [3.63, 3.8) is 0 Å². The third-order valence-corrected chi connectivity index (χ3v) is 7.76.